The fourth-order valence-corrected chi connectivity index (χ4v) is 2.58. The van der Waals surface area contributed by atoms with Gasteiger partial charge in [0.25, 0.3) is 5.91 Å². The molecular formula is C17H18N2O2. The molecule has 1 heterocycles. The lowest BCUT2D eigenvalue weighted by Gasteiger charge is -2.10. The lowest BCUT2D eigenvalue weighted by molar-refractivity contribution is 0.102. The number of carbonyl (C=O) groups excluding carboxylic acids is 1. The highest BCUT2D eigenvalue weighted by atomic mass is 16.5. The van der Waals surface area contributed by atoms with Crippen LogP contribution in [0.2, 0.25) is 0 Å². The van der Waals surface area contributed by atoms with Crippen molar-refractivity contribution in [2.75, 3.05) is 18.5 Å². The third-order valence-electron chi connectivity index (χ3n) is 3.62. The predicted octanol–water partition coefficient (Wildman–Crippen LogP) is 2.38. The van der Waals surface area contributed by atoms with Gasteiger partial charge < -0.3 is 15.8 Å². The van der Waals surface area contributed by atoms with Crippen LogP contribution in [0.25, 0.3) is 0 Å². The fourth-order valence-electron chi connectivity index (χ4n) is 2.58. The van der Waals surface area contributed by atoms with E-state index in [4.69, 9.17) is 10.5 Å². The zero-order valence-electron chi connectivity index (χ0n) is 11.8. The summed E-state index contributed by atoms with van der Waals surface area (Å²) in [7, 11) is 0. The number of rotatable bonds is 4. The molecule has 2 aromatic rings. The largest absolute Gasteiger partial charge is 0.493 e. The number of fused-ring (bicyclic) bond motifs is 1. The second kappa shape index (κ2) is 5.97. The van der Waals surface area contributed by atoms with Crippen molar-refractivity contribution in [3.05, 3.63) is 59.2 Å². The molecule has 0 unspecified atom stereocenters. The van der Waals surface area contributed by atoms with Crippen molar-refractivity contribution >= 4 is 11.6 Å². The Kier molecular flexibility index (Phi) is 3.88. The van der Waals surface area contributed by atoms with E-state index in [9.17, 15) is 4.79 Å². The molecule has 0 aromatic heterocycles. The molecule has 0 fully saturated rings. The van der Waals surface area contributed by atoms with Crippen LogP contribution in [0, 0.1) is 0 Å². The lowest BCUT2D eigenvalue weighted by atomic mass is 10.0. The molecule has 3 N–H and O–H groups in total. The summed E-state index contributed by atoms with van der Waals surface area (Å²) in [4.78, 5) is 12.4. The first-order valence-electron chi connectivity index (χ1n) is 7.13. The monoisotopic (exact) mass is 282 g/mol. The fraction of sp³-hybridized carbons (Fsp3) is 0.235. The Hall–Kier alpha value is -2.33. The second-order valence-corrected chi connectivity index (χ2v) is 5.07. The molecule has 0 spiro atoms. The molecule has 2 aromatic carbocycles. The third-order valence-corrected chi connectivity index (χ3v) is 3.62. The predicted molar refractivity (Wildman–Crippen MR) is 82.8 cm³/mol. The zero-order chi connectivity index (χ0) is 14.7. The number of hydrogen-bond donors (Lipinski definition) is 2. The second-order valence-electron chi connectivity index (χ2n) is 5.07. The van der Waals surface area contributed by atoms with Crippen molar-refractivity contribution < 1.29 is 9.53 Å². The number of carbonyl (C=O) groups is 1. The average molecular weight is 282 g/mol. The van der Waals surface area contributed by atoms with Crippen LogP contribution in [-0.4, -0.2) is 19.1 Å². The summed E-state index contributed by atoms with van der Waals surface area (Å²) in [5, 5.41) is 2.95. The Morgan fingerprint density at radius 1 is 1.24 bits per heavy atom. The van der Waals surface area contributed by atoms with E-state index in [1.165, 1.54) is 0 Å². The maximum Gasteiger partial charge on any atom is 0.255 e. The van der Waals surface area contributed by atoms with Crippen molar-refractivity contribution in [1.29, 1.82) is 0 Å². The molecule has 4 heteroatoms. The minimum absolute atomic E-state index is 0.0992. The van der Waals surface area contributed by atoms with Crippen LogP contribution >= 0.6 is 0 Å². The third kappa shape index (κ3) is 2.90. The van der Waals surface area contributed by atoms with E-state index < -0.39 is 0 Å². The number of ether oxygens (including phenoxy) is 1. The van der Waals surface area contributed by atoms with Gasteiger partial charge in [-0.1, -0.05) is 18.2 Å². The Morgan fingerprint density at radius 2 is 2.10 bits per heavy atom. The standard InChI is InChI=1S/C17H18N2O2/c18-9-7-12-3-1-2-4-15(12)17(20)19-14-5-6-16-13(11-14)8-10-21-16/h1-6,11H,7-10,18H2,(H,19,20). The van der Waals surface area contributed by atoms with Crippen molar-refractivity contribution in [2.24, 2.45) is 5.73 Å². The van der Waals surface area contributed by atoms with E-state index in [-0.39, 0.29) is 5.91 Å². The van der Waals surface area contributed by atoms with Gasteiger partial charge in [-0.15, -0.1) is 0 Å². The van der Waals surface area contributed by atoms with Crippen LogP contribution in [0.4, 0.5) is 5.69 Å². The van der Waals surface area contributed by atoms with Crippen molar-refractivity contribution in [3.63, 3.8) is 0 Å². The minimum atomic E-state index is -0.0992. The molecule has 3 rings (SSSR count). The summed E-state index contributed by atoms with van der Waals surface area (Å²) in [6.45, 7) is 1.24. The summed E-state index contributed by atoms with van der Waals surface area (Å²) >= 11 is 0. The summed E-state index contributed by atoms with van der Waals surface area (Å²) in [6.07, 6.45) is 1.59. The van der Waals surface area contributed by atoms with Crippen molar-refractivity contribution in [1.82, 2.24) is 0 Å². The topological polar surface area (TPSA) is 64.4 Å². The molecular weight excluding hydrogens is 264 g/mol. The van der Waals surface area contributed by atoms with Gasteiger partial charge in [0.2, 0.25) is 0 Å². The molecule has 21 heavy (non-hydrogen) atoms. The highest BCUT2D eigenvalue weighted by Crippen LogP contribution is 2.28. The van der Waals surface area contributed by atoms with Crippen LogP contribution in [0.3, 0.4) is 0 Å². The number of nitrogens with one attached hydrogen (secondary N) is 1. The van der Waals surface area contributed by atoms with Gasteiger partial charge in [-0.2, -0.15) is 0 Å². The SMILES string of the molecule is NCCc1ccccc1C(=O)Nc1ccc2c(c1)CCO2. The quantitative estimate of drug-likeness (QED) is 0.905. The summed E-state index contributed by atoms with van der Waals surface area (Å²) in [5.41, 5.74) is 9.19. The number of hydrogen-bond acceptors (Lipinski definition) is 3. The van der Waals surface area contributed by atoms with Gasteiger partial charge in [-0.3, -0.25) is 4.79 Å². The normalized spacial score (nSPS) is 12.6. The maximum absolute atomic E-state index is 12.4. The summed E-state index contributed by atoms with van der Waals surface area (Å²) in [5.74, 6) is 0.814. The number of nitrogens with two attached hydrogens (primary N) is 1. The molecule has 4 nitrogen and oxygen atoms in total. The molecule has 0 saturated carbocycles. The summed E-state index contributed by atoms with van der Waals surface area (Å²) < 4.78 is 5.47. The first-order valence-corrected chi connectivity index (χ1v) is 7.13. The first kappa shape index (κ1) is 13.6. The van der Waals surface area contributed by atoms with Crippen LogP contribution in [-0.2, 0) is 12.8 Å². The zero-order valence-corrected chi connectivity index (χ0v) is 11.8. The van der Waals surface area contributed by atoms with E-state index in [0.29, 0.717) is 25.1 Å². The van der Waals surface area contributed by atoms with E-state index in [0.717, 1.165) is 29.0 Å². The van der Waals surface area contributed by atoms with Crippen LogP contribution in [0.1, 0.15) is 21.5 Å². The van der Waals surface area contributed by atoms with Gasteiger partial charge in [-0.05, 0) is 48.4 Å². The molecule has 1 amide bonds. The van der Waals surface area contributed by atoms with Crippen LogP contribution in [0.5, 0.6) is 5.75 Å². The highest BCUT2D eigenvalue weighted by Gasteiger charge is 2.14. The molecule has 0 aliphatic carbocycles. The molecule has 0 radical (unpaired) electrons. The Morgan fingerprint density at radius 3 is 2.95 bits per heavy atom. The van der Waals surface area contributed by atoms with Crippen LogP contribution < -0.4 is 15.8 Å². The molecule has 108 valence electrons. The number of anilines is 1. The van der Waals surface area contributed by atoms with Gasteiger partial charge in [-0.25, -0.2) is 0 Å². The van der Waals surface area contributed by atoms with Crippen molar-refractivity contribution in [3.8, 4) is 5.75 Å². The minimum Gasteiger partial charge on any atom is -0.493 e. The van der Waals surface area contributed by atoms with Crippen LogP contribution in [0.15, 0.2) is 42.5 Å². The molecule has 1 aliphatic rings. The van der Waals surface area contributed by atoms with Gasteiger partial charge in [0.05, 0.1) is 6.61 Å². The molecule has 0 bridgehead atoms. The molecule has 1 aliphatic heterocycles. The molecule has 0 atom stereocenters. The van der Waals surface area contributed by atoms with Gasteiger partial charge in [0, 0.05) is 17.7 Å². The van der Waals surface area contributed by atoms with Crippen molar-refractivity contribution in [2.45, 2.75) is 12.8 Å². The Balaban J connectivity index is 1.80. The van der Waals surface area contributed by atoms with Gasteiger partial charge >= 0.3 is 0 Å². The van der Waals surface area contributed by atoms with E-state index >= 15 is 0 Å². The Bertz CT molecular complexity index is 668. The molecule has 0 saturated heterocycles. The van der Waals surface area contributed by atoms with E-state index in [2.05, 4.69) is 5.32 Å². The lowest BCUT2D eigenvalue weighted by Crippen LogP contribution is -2.16. The van der Waals surface area contributed by atoms with Gasteiger partial charge in [0.15, 0.2) is 0 Å². The summed E-state index contributed by atoms with van der Waals surface area (Å²) in [6, 6.07) is 13.3. The van der Waals surface area contributed by atoms with Gasteiger partial charge in [0.1, 0.15) is 5.75 Å². The van der Waals surface area contributed by atoms with E-state index in [1.54, 1.807) is 0 Å². The number of amides is 1. The smallest absolute Gasteiger partial charge is 0.255 e. The number of benzene rings is 2. The maximum atomic E-state index is 12.4. The average Bonchev–Trinajstić information content (AvgIpc) is 2.95. The highest BCUT2D eigenvalue weighted by molar-refractivity contribution is 6.05. The Labute approximate surface area is 123 Å². The van der Waals surface area contributed by atoms with E-state index in [1.807, 2.05) is 42.5 Å². The first-order chi connectivity index (χ1) is 10.3.